The van der Waals surface area contributed by atoms with Gasteiger partial charge >= 0.3 is 0 Å². The topological polar surface area (TPSA) is 66.4 Å². The van der Waals surface area contributed by atoms with E-state index < -0.39 is 9.84 Å². The normalized spacial score (nSPS) is 20.4. The van der Waals surface area contributed by atoms with Crippen LogP contribution < -0.4 is 5.32 Å². The molecule has 0 aromatic heterocycles. The number of nitrogens with one attached hydrogen (secondary N) is 1. The molecule has 1 aromatic carbocycles. The predicted molar refractivity (Wildman–Crippen MR) is 75.3 cm³/mol. The highest BCUT2D eigenvalue weighted by Gasteiger charge is 2.20. The summed E-state index contributed by atoms with van der Waals surface area (Å²) in [5, 5.41) is 13.2. The Bertz CT molecular complexity index is 560. The summed E-state index contributed by atoms with van der Waals surface area (Å²) < 4.78 is 23.7. The zero-order chi connectivity index (χ0) is 14.0. The number of phenolic OH excluding ortho intramolecular Hbond substituents is 1. The van der Waals surface area contributed by atoms with Gasteiger partial charge < -0.3 is 10.4 Å². The second-order valence-electron chi connectivity index (χ2n) is 5.37. The Labute approximate surface area is 114 Å². The minimum Gasteiger partial charge on any atom is -0.508 e. The van der Waals surface area contributed by atoms with Crippen molar-refractivity contribution in [2.75, 3.05) is 12.8 Å². The van der Waals surface area contributed by atoms with E-state index in [0.29, 0.717) is 28.5 Å². The van der Waals surface area contributed by atoms with Crippen LogP contribution in [0.15, 0.2) is 17.0 Å². The van der Waals surface area contributed by atoms with Crippen molar-refractivity contribution in [1.29, 1.82) is 0 Å². The van der Waals surface area contributed by atoms with Crippen LogP contribution in [0.1, 0.15) is 30.4 Å². The summed E-state index contributed by atoms with van der Waals surface area (Å²) in [6.07, 6.45) is 5.27. The Morgan fingerprint density at radius 1 is 1.37 bits per heavy atom. The Morgan fingerprint density at radius 2 is 2.11 bits per heavy atom. The van der Waals surface area contributed by atoms with Gasteiger partial charge in [-0.25, -0.2) is 8.42 Å². The number of phenols is 1. The van der Waals surface area contributed by atoms with Crippen molar-refractivity contribution in [2.45, 2.75) is 43.5 Å². The molecule has 0 bridgehead atoms. The van der Waals surface area contributed by atoms with Crippen molar-refractivity contribution < 1.29 is 13.5 Å². The first kappa shape index (κ1) is 14.3. The van der Waals surface area contributed by atoms with Gasteiger partial charge in [-0.05, 0) is 56.0 Å². The van der Waals surface area contributed by atoms with E-state index in [1.54, 1.807) is 19.1 Å². The van der Waals surface area contributed by atoms with Crippen LogP contribution in [0.5, 0.6) is 5.75 Å². The molecule has 1 atom stereocenters. The number of benzene rings is 1. The van der Waals surface area contributed by atoms with E-state index in [0.717, 1.165) is 13.0 Å². The van der Waals surface area contributed by atoms with Gasteiger partial charge in [0.05, 0.1) is 4.90 Å². The molecule has 0 aliphatic carbocycles. The summed E-state index contributed by atoms with van der Waals surface area (Å²) in [5.41, 5.74) is 1.31. The fraction of sp³-hybridized carbons (Fsp3) is 0.571. The first-order chi connectivity index (χ1) is 8.88. The molecule has 1 aliphatic heterocycles. The van der Waals surface area contributed by atoms with Crippen LogP contribution in [0.2, 0.25) is 0 Å². The van der Waals surface area contributed by atoms with E-state index in [9.17, 15) is 13.5 Å². The largest absolute Gasteiger partial charge is 0.508 e. The highest BCUT2D eigenvalue weighted by atomic mass is 32.2. The Kier molecular flexibility index (Phi) is 4.16. The van der Waals surface area contributed by atoms with Crippen LogP contribution in [-0.2, 0) is 16.3 Å². The smallest absolute Gasteiger partial charge is 0.175 e. The molecule has 106 valence electrons. The lowest BCUT2D eigenvalue weighted by Crippen LogP contribution is -2.35. The first-order valence-electron chi connectivity index (χ1n) is 6.64. The maximum Gasteiger partial charge on any atom is 0.175 e. The van der Waals surface area contributed by atoms with Crippen LogP contribution in [0.3, 0.4) is 0 Å². The molecule has 19 heavy (non-hydrogen) atoms. The van der Waals surface area contributed by atoms with Crippen molar-refractivity contribution in [3.63, 3.8) is 0 Å². The number of aryl methyl sites for hydroxylation is 1. The second kappa shape index (κ2) is 5.51. The molecular weight excluding hydrogens is 262 g/mol. The fourth-order valence-corrected chi connectivity index (χ4v) is 3.59. The summed E-state index contributed by atoms with van der Waals surface area (Å²) >= 11 is 0. The lowest BCUT2D eigenvalue weighted by atomic mass is 9.97. The Hall–Kier alpha value is -1.07. The van der Waals surface area contributed by atoms with Gasteiger partial charge in [0, 0.05) is 12.3 Å². The fourth-order valence-electron chi connectivity index (χ4n) is 2.58. The van der Waals surface area contributed by atoms with E-state index >= 15 is 0 Å². The third-order valence-corrected chi connectivity index (χ3v) is 4.84. The number of hydrogen-bond donors (Lipinski definition) is 2. The molecule has 1 aromatic rings. The van der Waals surface area contributed by atoms with Crippen molar-refractivity contribution in [3.05, 3.63) is 23.3 Å². The maximum absolute atomic E-state index is 11.9. The summed E-state index contributed by atoms with van der Waals surface area (Å²) in [7, 11) is -3.26. The van der Waals surface area contributed by atoms with Gasteiger partial charge in [-0.3, -0.25) is 0 Å². The minimum absolute atomic E-state index is 0.165. The second-order valence-corrected chi connectivity index (χ2v) is 7.35. The summed E-state index contributed by atoms with van der Waals surface area (Å²) in [6, 6.07) is 3.47. The SMILES string of the molecule is Cc1cc(S(C)(=O)=O)c(CC2CCCCN2)cc1O. The molecule has 1 fully saturated rings. The monoisotopic (exact) mass is 283 g/mol. The molecule has 0 radical (unpaired) electrons. The van der Waals surface area contributed by atoms with Gasteiger partial charge in [-0.1, -0.05) is 6.42 Å². The van der Waals surface area contributed by atoms with Crippen LogP contribution in [0.4, 0.5) is 0 Å². The van der Waals surface area contributed by atoms with Crippen LogP contribution in [0.25, 0.3) is 0 Å². The van der Waals surface area contributed by atoms with Gasteiger partial charge in [-0.15, -0.1) is 0 Å². The Balaban J connectivity index is 2.34. The third kappa shape index (κ3) is 3.48. The van der Waals surface area contributed by atoms with E-state index in [1.807, 2.05) is 0 Å². The summed E-state index contributed by atoms with van der Waals surface area (Å²) in [4.78, 5) is 0.343. The molecule has 1 aliphatic rings. The molecule has 1 saturated heterocycles. The van der Waals surface area contributed by atoms with E-state index in [-0.39, 0.29) is 5.75 Å². The molecule has 0 saturated carbocycles. The number of piperidine rings is 1. The van der Waals surface area contributed by atoms with E-state index in [2.05, 4.69) is 5.32 Å². The third-order valence-electron chi connectivity index (χ3n) is 3.66. The van der Waals surface area contributed by atoms with Gasteiger partial charge in [0.15, 0.2) is 9.84 Å². The summed E-state index contributed by atoms with van der Waals surface area (Å²) in [6.45, 7) is 2.70. The molecule has 2 rings (SSSR count). The van der Waals surface area contributed by atoms with Crippen LogP contribution in [-0.4, -0.2) is 32.4 Å². The standard InChI is InChI=1S/C14H21NO3S/c1-10-7-14(19(2,17)18)11(9-13(10)16)8-12-5-3-4-6-15-12/h7,9,12,15-16H,3-6,8H2,1-2H3. The molecule has 2 N–H and O–H groups in total. The molecule has 0 amide bonds. The molecule has 5 heteroatoms. The van der Waals surface area contributed by atoms with Crippen molar-refractivity contribution in [3.8, 4) is 5.75 Å². The first-order valence-corrected chi connectivity index (χ1v) is 8.53. The van der Waals surface area contributed by atoms with Gasteiger partial charge in [0.2, 0.25) is 0 Å². The Morgan fingerprint density at radius 3 is 2.68 bits per heavy atom. The zero-order valence-corrected chi connectivity index (χ0v) is 12.3. The maximum atomic E-state index is 11.9. The highest BCUT2D eigenvalue weighted by Crippen LogP contribution is 2.27. The molecule has 1 heterocycles. The van der Waals surface area contributed by atoms with Gasteiger partial charge in [0.1, 0.15) is 5.75 Å². The molecule has 1 unspecified atom stereocenters. The average Bonchev–Trinajstić information content (AvgIpc) is 2.33. The number of hydrogen-bond acceptors (Lipinski definition) is 4. The predicted octanol–water partition coefficient (Wildman–Crippen LogP) is 1.79. The molecular formula is C14H21NO3S. The molecule has 0 spiro atoms. The lowest BCUT2D eigenvalue weighted by Gasteiger charge is -2.24. The van der Waals surface area contributed by atoms with Crippen molar-refractivity contribution >= 4 is 9.84 Å². The lowest BCUT2D eigenvalue weighted by molar-refractivity contribution is 0.396. The van der Waals surface area contributed by atoms with Crippen molar-refractivity contribution in [2.24, 2.45) is 0 Å². The van der Waals surface area contributed by atoms with Gasteiger partial charge in [0.25, 0.3) is 0 Å². The number of rotatable bonds is 3. The van der Waals surface area contributed by atoms with Crippen LogP contribution >= 0.6 is 0 Å². The summed E-state index contributed by atoms with van der Waals surface area (Å²) in [5.74, 6) is 0.165. The van der Waals surface area contributed by atoms with E-state index in [4.69, 9.17) is 0 Å². The van der Waals surface area contributed by atoms with E-state index in [1.165, 1.54) is 19.1 Å². The molecule has 4 nitrogen and oxygen atoms in total. The quantitative estimate of drug-likeness (QED) is 0.887. The number of aromatic hydroxyl groups is 1. The van der Waals surface area contributed by atoms with Gasteiger partial charge in [-0.2, -0.15) is 0 Å². The van der Waals surface area contributed by atoms with Crippen molar-refractivity contribution in [1.82, 2.24) is 5.32 Å². The number of sulfone groups is 1. The highest BCUT2D eigenvalue weighted by molar-refractivity contribution is 7.90. The zero-order valence-electron chi connectivity index (χ0n) is 11.4. The van der Waals surface area contributed by atoms with Crippen LogP contribution in [0, 0.1) is 6.92 Å². The minimum atomic E-state index is -3.26. The average molecular weight is 283 g/mol.